The van der Waals surface area contributed by atoms with Gasteiger partial charge in [-0.3, -0.25) is 19.3 Å². The zero-order valence-corrected chi connectivity index (χ0v) is 15.1. The van der Waals surface area contributed by atoms with Crippen LogP contribution in [0.1, 0.15) is 26.3 Å². The topological polar surface area (TPSA) is 72.9 Å². The molecular formula is C18H13Cl2NO5. The molecular weight excluding hydrogens is 381 g/mol. The lowest BCUT2D eigenvalue weighted by Gasteiger charge is -2.14. The van der Waals surface area contributed by atoms with E-state index in [0.29, 0.717) is 11.3 Å². The lowest BCUT2D eigenvalue weighted by atomic mass is 10.1. The summed E-state index contributed by atoms with van der Waals surface area (Å²) in [5.41, 5.74) is 0.896. The Labute approximate surface area is 159 Å². The van der Waals surface area contributed by atoms with Gasteiger partial charge in [-0.2, -0.15) is 0 Å². The van der Waals surface area contributed by atoms with Crippen LogP contribution in [0.3, 0.4) is 0 Å². The van der Waals surface area contributed by atoms with Crippen LogP contribution < -0.4 is 4.74 Å². The molecule has 26 heavy (non-hydrogen) atoms. The van der Waals surface area contributed by atoms with Crippen molar-refractivity contribution in [3.63, 3.8) is 0 Å². The van der Waals surface area contributed by atoms with E-state index in [4.69, 9.17) is 32.7 Å². The summed E-state index contributed by atoms with van der Waals surface area (Å²) in [6, 6.07) is 9.70. The van der Waals surface area contributed by atoms with E-state index in [1.165, 1.54) is 19.2 Å². The highest BCUT2D eigenvalue weighted by molar-refractivity contribution is 6.43. The first-order valence-electron chi connectivity index (χ1n) is 7.55. The molecule has 0 saturated carbocycles. The van der Waals surface area contributed by atoms with E-state index in [2.05, 4.69) is 0 Å². The zero-order chi connectivity index (χ0) is 18.8. The molecule has 8 heteroatoms. The molecule has 0 radical (unpaired) electrons. The van der Waals surface area contributed by atoms with Crippen LogP contribution >= 0.6 is 23.2 Å². The number of methoxy groups -OCH3 is 1. The normalized spacial score (nSPS) is 13.0. The summed E-state index contributed by atoms with van der Waals surface area (Å²) >= 11 is 11.8. The number of benzene rings is 2. The average Bonchev–Trinajstić information content (AvgIpc) is 2.85. The van der Waals surface area contributed by atoms with Crippen molar-refractivity contribution in [3.05, 3.63) is 63.1 Å². The van der Waals surface area contributed by atoms with Crippen LogP contribution in [-0.2, 0) is 16.1 Å². The summed E-state index contributed by atoms with van der Waals surface area (Å²) in [6.45, 7) is -0.541. The van der Waals surface area contributed by atoms with Crippen molar-refractivity contribution < 1.29 is 23.9 Å². The number of imide groups is 1. The molecule has 134 valence electrons. The minimum absolute atomic E-state index is 0.0380. The number of amides is 2. The van der Waals surface area contributed by atoms with Crippen LogP contribution in [-0.4, -0.2) is 36.3 Å². The Kier molecular flexibility index (Phi) is 5.15. The maximum absolute atomic E-state index is 12.4. The lowest BCUT2D eigenvalue weighted by Crippen LogP contribution is -2.35. The molecule has 0 saturated heterocycles. The molecule has 0 aromatic heterocycles. The number of ether oxygens (including phenoxy) is 2. The fraction of sp³-hybridized carbons (Fsp3) is 0.167. The Bertz CT molecular complexity index is 871. The van der Waals surface area contributed by atoms with Crippen LogP contribution in [0.5, 0.6) is 5.75 Å². The first-order valence-corrected chi connectivity index (χ1v) is 8.30. The summed E-state index contributed by atoms with van der Waals surface area (Å²) < 4.78 is 10.3. The van der Waals surface area contributed by atoms with Crippen molar-refractivity contribution in [3.8, 4) is 5.75 Å². The molecule has 2 aromatic rings. The number of carbonyl (C=O) groups is 3. The van der Waals surface area contributed by atoms with Crippen LogP contribution in [0.25, 0.3) is 0 Å². The lowest BCUT2D eigenvalue weighted by molar-refractivity contribution is -0.145. The van der Waals surface area contributed by atoms with Gasteiger partial charge < -0.3 is 9.47 Å². The Morgan fingerprint density at radius 2 is 1.62 bits per heavy atom. The number of nitrogens with zero attached hydrogens (tertiary/aromatic N) is 1. The van der Waals surface area contributed by atoms with Gasteiger partial charge in [-0.15, -0.1) is 0 Å². The van der Waals surface area contributed by atoms with Crippen molar-refractivity contribution in [2.45, 2.75) is 6.61 Å². The Morgan fingerprint density at radius 3 is 2.19 bits per heavy atom. The van der Waals surface area contributed by atoms with E-state index in [9.17, 15) is 14.4 Å². The number of fused-ring (bicyclic) bond motifs is 1. The van der Waals surface area contributed by atoms with Crippen LogP contribution in [0, 0.1) is 0 Å². The van der Waals surface area contributed by atoms with Gasteiger partial charge in [0.15, 0.2) is 0 Å². The van der Waals surface area contributed by atoms with Crippen LogP contribution in [0.2, 0.25) is 10.0 Å². The molecule has 1 heterocycles. The predicted molar refractivity (Wildman–Crippen MR) is 94.6 cm³/mol. The third-order valence-electron chi connectivity index (χ3n) is 3.88. The second-order valence-electron chi connectivity index (χ2n) is 5.48. The van der Waals surface area contributed by atoms with Crippen molar-refractivity contribution in [2.24, 2.45) is 0 Å². The maximum Gasteiger partial charge on any atom is 0.326 e. The molecule has 0 N–H and O–H groups in total. The third-order valence-corrected chi connectivity index (χ3v) is 4.60. The number of rotatable bonds is 5. The third kappa shape index (κ3) is 3.38. The summed E-state index contributed by atoms with van der Waals surface area (Å²) in [6.07, 6.45) is 0. The first kappa shape index (κ1) is 18.2. The monoisotopic (exact) mass is 393 g/mol. The molecule has 0 aliphatic carbocycles. The standard InChI is InChI=1S/C18H13Cl2NO5/c1-25-15-5-3-2-4-10(15)9-26-16(22)8-21-17(23)11-6-13(19)14(20)7-12(11)18(21)24/h2-7H,8-9H2,1H3. The van der Waals surface area contributed by atoms with Gasteiger partial charge in [0.05, 0.1) is 28.3 Å². The second kappa shape index (κ2) is 7.35. The van der Waals surface area contributed by atoms with Crippen molar-refractivity contribution in [2.75, 3.05) is 13.7 Å². The zero-order valence-electron chi connectivity index (χ0n) is 13.6. The molecule has 0 fully saturated rings. The van der Waals surface area contributed by atoms with Crippen LogP contribution in [0.15, 0.2) is 36.4 Å². The fourth-order valence-corrected chi connectivity index (χ4v) is 2.91. The largest absolute Gasteiger partial charge is 0.496 e. The summed E-state index contributed by atoms with van der Waals surface area (Å²) in [4.78, 5) is 37.6. The van der Waals surface area contributed by atoms with E-state index in [0.717, 1.165) is 4.90 Å². The molecule has 1 aliphatic heterocycles. The fourth-order valence-electron chi connectivity index (χ4n) is 2.58. The number of carbonyl (C=O) groups excluding carboxylic acids is 3. The van der Waals surface area contributed by atoms with Gasteiger partial charge in [0.25, 0.3) is 11.8 Å². The molecule has 0 unspecified atom stereocenters. The van der Waals surface area contributed by atoms with Crippen LogP contribution in [0.4, 0.5) is 0 Å². The molecule has 3 rings (SSSR count). The maximum atomic E-state index is 12.4. The summed E-state index contributed by atoms with van der Waals surface area (Å²) in [7, 11) is 1.51. The second-order valence-corrected chi connectivity index (χ2v) is 6.30. The van der Waals surface area contributed by atoms with Gasteiger partial charge >= 0.3 is 5.97 Å². The van der Waals surface area contributed by atoms with E-state index in [1.807, 2.05) is 0 Å². The molecule has 1 aliphatic rings. The summed E-state index contributed by atoms with van der Waals surface area (Å²) in [5, 5.41) is 0.319. The number of esters is 1. The van der Waals surface area contributed by atoms with Gasteiger partial charge in [0, 0.05) is 5.56 Å². The Hall–Kier alpha value is -2.57. The van der Waals surface area contributed by atoms with Gasteiger partial charge in [-0.05, 0) is 18.2 Å². The number of para-hydroxylation sites is 1. The molecule has 2 amide bonds. The highest BCUT2D eigenvalue weighted by atomic mass is 35.5. The molecule has 2 aromatic carbocycles. The minimum Gasteiger partial charge on any atom is -0.496 e. The van der Waals surface area contributed by atoms with E-state index in [-0.39, 0.29) is 27.8 Å². The molecule has 0 spiro atoms. The Morgan fingerprint density at radius 1 is 1.04 bits per heavy atom. The Balaban J connectivity index is 1.68. The SMILES string of the molecule is COc1ccccc1COC(=O)CN1C(=O)c2cc(Cl)c(Cl)cc2C1=O. The van der Waals surface area contributed by atoms with Crippen molar-refractivity contribution >= 4 is 41.0 Å². The van der Waals surface area contributed by atoms with E-state index < -0.39 is 24.3 Å². The average molecular weight is 394 g/mol. The molecule has 0 atom stereocenters. The molecule has 0 bridgehead atoms. The number of hydrogen-bond donors (Lipinski definition) is 0. The highest BCUT2D eigenvalue weighted by Gasteiger charge is 2.37. The predicted octanol–water partition coefficient (Wildman–Crippen LogP) is 3.34. The first-order chi connectivity index (χ1) is 12.4. The van der Waals surface area contributed by atoms with Crippen molar-refractivity contribution in [1.29, 1.82) is 0 Å². The number of halogens is 2. The minimum atomic E-state index is -0.720. The van der Waals surface area contributed by atoms with E-state index in [1.54, 1.807) is 24.3 Å². The smallest absolute Gasteiger partial charge is 0.326 e. The van der Waals surface area contributed by atoms with Gasteiger partial charge in [0.2, 0.25) is 0 Å². The highest BCUT2D eigenvalue weighted by Crippen LogP contribution is 2.31. The van der Waals surface area contributed by atoms with Crippen molar-refractivity contribution in [1.82, 2.24) is 4.90 Å². The summed E-state index contributed by atoms with van der Waals surface area (Å²) in [5.74, 6) is -1.37. The quantitative estimate of drug-likeness (QED) is 0.575. The van der Waals surface area contributed by atoms with E-state index >= 15 is 0 Å². The van der Waals surface area contributed by atoms with Gasteiger partial charge in [0.1, 0.15) is 18.9 Å². The molecule has 6 nitrogen and oxygen atoms in total. The van der Waals surface area contributed by atoms with Gasteiger partial charge in [-0.25, -0.2) is 0 Å². The van der Waals surface area contributed by atoms with Gasteiger partial charge in [-0.1, -0.05) is 41.4 Å². The number of hydrogen-bond acceptors (Lipinski definition) is 5.